The first-order valence-corrected chi connectivity index (χ1v) is 8.69. The Labute approximate surface area is 107 Å². The highest BCUT2D eigenvalue weighted by molar-refractivity contribution is 7.91. The van der Waals surface area contributed by atoms with Crippen LogP contribution >= 0.6 is 11.3 Å². The van der Waals surface area contributed by atoms with Crippen molar-refractivity contribution in [2.24, 2.45) is 5.92 Å². The Morgan fingerprint density at radius 2 is 2.41 bits per heavy atom. The van der Waals surface area contributed by atoms with E-state index in [0.717, 1.165) is 19.3 Å². The van der Waals surface area contributed by atoms with E-state index in [0.29, 0.717) is 23.5 Å². The first-order valence-electron chi connectivity index (χ1n) is 5.99. The van der Waals surface area contributed by atoms with Crippen molar-refractivity contribution in [2.45, 2.75) is 25.3 Å². The molecule has 1 N–H and O–H groups in total. The zero-order valence-electron chi connectivity index (χ0n) is 10.1. The van der Waals surface area contributed by atoms with Gasteiger partial charge in [0.1, 0.15) is 0 Å². The van der Waals surface area contributed by atoms with E-state index in [4.69, 9.17) is 0 Å². The molecular weight excluding hydrogens is 254 g/mol. The Morgan fingerprint density at radius 3 is 2.94 bits per heavy atom. The summed E-state index contributed by atoms with van der Waals surface area (Å²) in [6.07, 6.45) is 2.81. The standard InChI is InChI=1S/C12H19NO2S2/c1-13-11(8-12-3-2-5-16-12)7-10-4-6-17(14,15)9-10/h2-3,5,10-11,13H,4,6-9H2,1H3. The van der Waals surface area contributed by atoms with Crippen molar-refractivity contribution in [2.75, 3.05) is 18.6 Å². The van der Waals surface area contributed by atoms with Crippen molar-refractivity contribution in [3.63, 3.8) is 0 Å². The Bertz CT molecular complexity index is 439. The third-order valence-corrected chi connectivity index (χ3v) is 6.12. The second-order valence-corrected chi connectivity index (χ2v) is 8.03. The fourth-order valence-electron chi connectivity index (χ4n) is 2.44. The number of thiophene rings is 1. The van der Waals surface area contributed by atoms with E-state index in [9.17, 15) is 8.42 Å². The molecule has 1 aromatic rings. The molecule has 3 nitrogen and oxygen atoms in total. The highest BCUT2D eigenvalue weighted by Crippen LogP contribution is 2.24. The van der Waals surface area contributed by atoms with E-state index in [2.05, 4.69) is 22.8 Å². The molecule has 0 aliphatic carbocycles. The highest BCUT2D eigenvalue weighted by Gasteiger charge is 2.29. The number of likely N-dealkylation sites (N-methyl/N-ethyl adjacent to an activating group) is 1. The molecule has 1 fully saturated rings. The number of sulfone groups is 1. The fraction of sp³-hybridized carbons (Fsp3) is 0.667. The third kappa shape index (κ3) is 3.79. The molecule has 1 saturated heterocycles. The monoisotopic (exact) mass is 273 g/mol. The maximum Gasteiger partial charge on any atom is 0.150 e. The summed E-state index contributed by atoms with van der Waals surface area (Å²) >= 11 is 1.77. The number of hydrogen-bond donors (Lipinski definition) is 1. The Balaban J connectivity index is 1.88. The molecule has 0 radical (unpaired) electrons. The van der Waals surface area contributed by atoms with Crippen LogP contribution in [-0.4, -0.2) is 33.0 Å². The van der Waals surface area contributed by atoms with Crippen LogP contribution in [0.25, 0.3) is 0 Å². The fourth-order valence-corrected chi connectivity index (χ4v) is 5.10. The van der Waals surface area contributed by atoms with Gasteiger partial charge in [0.2, 0.25) is 0 Å². The van der Waals surface area contributed by atoms with Gasteiger partial charge in [0.25, 0.3) is 0 Å². The van der Waals surface area contributed by atoms with E-state index < -0.39 is 9.84 Å². The van der Waals surface area contributed by atoms with Crippen LogP contribution in [0.1, 0.15) is 17.7 Å². The van der Waals surface area contributed by atoms with Gasteiger partial charge in [0.15, 0.2) is 9.84 Å². The van der Waals surface area contributed by atoms with Crippen LogP contribution in [-0.2, 0) is 16.3 Å². The summed E-state index contributed by atoms with van der Waals surface area (Å²) < 4.78 is 22.8. The van der Waals surface area contributed by atoms with Gasteiger partial charge in [-0.05, 0) is 43.7 Å². The molecule has 96 valence electrons. The van der Waals surface area contributed by atoms with Gasteiger partial charge in [-0.25, -0.2) is 8.42 Å². The molecule has 0 amide bonds. The smallest absolute Gasteiger partial charge is 0.150 e. The second kappa shape index (κ2) is 5.50. The lowest BCUT2D eigenvalue weighted by atomic mass is 9.97. The van der Waals surface area contributed by atoms with Gasteiger partial charge in [-0.3, -0.25) is 0 Å². The minimum atomic E-state index is -2.74. The highest BCUT2D eigenvalue weighted by atomic mass is 32.2. The van der Waals surface area contributed by atoms with E-state index in [-0.39, 0.29) is 0 Å². The lowest BCUT2D eigenvalue weighted by molar-refractivity contribution is 0.425. The second-order valence-electron chi connectivity index (χ2n) is 4.77. The molecule has 2 heterocycles. The maximum absolute atomic E-state index is 11.4. The topological polar surface area (TPSA) is 46.2 Å². The van der Waals surface area contributed by atoms with Crippen LogP contribution < -0.4 is 5.32 Å². The zero-order chi connectivity index (χ0) is 12.3. The maximum atomic E-state index is 11.4. The number of rotatable bonds is 5. The van der Waals surface area contributed by atoms with Crippen LogP contribution in [0.2, 0.25) is 0 Å². The molecule has 2 unspecified atom stereocenters. The average molecular weight is 273 g/mol. The average Bonchev–Trinajstić information content (AvgIpc) is 2.87. The molecule has 1 aromatic heterocycles. The first kappa shape index (κ1) is 13.1. The lowest BCUT2D eigenvalue weighted by Gasteiger charge is -2.18. The summed E-state index contributed by atoms with van der Waals surface area (Å²) in [6, 6.07) is 4.60. The molecule has 2 rings (SSSR count). The number of hydrogen-bond acceptors (Lipinski definition) is 4. The Hall–Kier alpha value is -0.390. The van der Waals surface area contributed by atoms with Crippen molar-refractivity contribution in [1.82, 2.24) is 5.32 Å². The quantitative estimate of drug-likeness (QED) is 0.888. The summed E-state index contributed by atoms with van der Waals surface area (Å²) in [5.41, 5.74) is 0. The molecule has 2 atom stereocenters. The summed E-state index contributed by atoms with van der Waals surface area (Å²) in [6.45, 7) is 0. The third-order valence-electron chi connectivity index (χ3n) is 3.38. The van der Waals surface area contributed by atoms with E-state index in [1.54, 1.807) is 11.3 Å². The van der Waals surface area contributed by atoms with Crippen LogP contribution in [0.3, 0.4) is 0 Å². The minimum Gasteiger partial charge on any atom is -0.317 e. The van der Waals surface area contributed by atoms with E-state index in [1.165, 1.54) is 4.88 Å². The molecule has 1 aliphatic rings. The van der Waals surface area contributed by atoms with Crippen molar-refractivity contribution in [3.05, 3.63) is 22.4 Å². The molecule has 0 saturated carbocycles. The zero-order valence-corrected chi connectivity index (χ0v) is 11.7. The molecular formula is C12H19NO2S2. The minimum absolute atomic E-state index is 0.345. The van der Waals surface area contributed by atoms with E-state index in [1.807, 2.05) is 7.05 Å². The molecule has 5 heteroatoms. The summed E-state index contributed by atoms with van der Waals surface area (Å²) in [4.78, 5) is 1.37. The SMILES string of the molecule is CNC(Cc1cccs1)CC1CCS(=O)(=O)C1. The molecule has 17 heavy (non-hydrogen) atoms. The van der Waals surface area contributed by atoms with E-state index >= 15 is 0 Å². The lowest BCUT2D eigenvalue weighted by Crippen LogP contribution is -2.30. The van der Waals surface area contributed by atoms with Crippen LogP contribution in [0.5, 0.6) is 0 Å². The Morgan fingerprint density at radius 1 is 1.59 bits per heavy atom. The predicted molar refractivity (Wildman–Crippen MR) is 72.2 cm³/mol. The van der Waals surface area contributed by atoms with Gasteiger partial charge in [0, 0.05) is 10.9 Å². The van der Waals surface area contributed by atoms with Gasteiger partial charge < -0.3 is 5.32 Å². The first-order chi connectivity index (χ1) is 8.09. The van der Waals surface area contributed by atoms with Crippen LogP contribution in [0.4, 0.5) is 0 Å². The van der Waals surface area contributed by atoms with Crippen molar-refractivity contribution >= 4 is 21.2 Å². The molecule has 0 spiro atoms. The summed E-state index contributed by atoms with van der Waals surface area (Å²) in [5, 5.41) is 5.39. The van der Waals surface area contributed by atoms with Gasteiger partial charge in [-0.1, -0.05) is 6.07 Å². The van der Waals surface area contributed by atoms with Crippen molar-refractivity contribution in [3.8, 4) is 0 Å². The van der Waals surface area contributed by atoms with Gasteiger partial charge in [0.05, 0.1) is 11.5 Å². The van der Waals surface area contributed by atoms with Crippen LogP contribution in [0.15, 0.2) is 17.5 Å². The predicted octanol–water partition coefficient (Wildman–Crippen LogP) is 1.70. The van der Waals surface area contributed by atoms with Gasteiger partial charge in [-0.15, -0.1) is 11.3 Å². The summed E-state index contributed by atoms with van der Waals surface area (Å²) in [5.74, 6) is 1.11. The van der Waals surface area contributed by atoms with Crippen molar-refractivity contribution < 1.29 is 8.42 Å². The van der Waals surface area contributed by atoms with Gasteiger partial charge in [-0.2, -0.15) is 0 Å². The normalized spacial score (nSPS) is 24.9. The van der Waals surface area contributed by atoms with Gasteiger partial charge >= 0.3 is 0 Å². The number of nitrogens with one attached hydrogen (secondary N) is 1. The summed E-state index contributed by atoms with van der Waals surface area (Å²) in [7, 11) is -0.776. The van der Waals surface area contributed by atoms with Crippen molar-refractivity contribution in [1.29, 1.82) is 0 Å². The molecule has 0 aromatic carbocycles. The Kier molecular flexibility index (Phi) is 4.22. The van der Waals surface area contributed by atoms with Crippen LogP contribution in [0, 0.1) is 5.92 Å². The molecule has 1 aliphatic heterocycles. The molecule has 0 bridgehead atoms. The largest absolute Gasteiger partial charge is 0.317 e.